The first-order valence-corrected chi connectivity index (χ1v) is 17.6. The molecule has 0 aliphatic carbocycles. The normalized spacial score (nSPS) is 11.9. The highest BCUT2D eigenvalue weighted by molar-refractivity contribution is 7.86. The zero-order valence-electron chi connectivity index (χ0n) is 26.1. The second-order valence-corrected chi connectivity index (χ2v) is 13.8. The monoisotopic (exact) mass is 734 g/mol. The summed E-state index contributed by atoms with van der Waals surface area (Å²) < 4.78 is 1.59. The molecule has 2 aliphatic heterocycles. The molecule has 51 heavy (non-hydrogen) atoms. The van der Waals surface area contributed by atoms with Gasteiger partial charge in [0.15, 0.2) is 40.3 Å². The minimum absolute atomic E-state index is 0.383. The molecule has 3 aromatic heterocycles. The molecule has 8 bridgehead atoms. The van der Waals surface area contributed by atoms with Gasteiger partial charge in [-0.2, -0.15) is 0 Å². The van der Waals surface area contributed by atoms with Gasteiger partial charge in [-0.25, -0.2) is 29.9 Å². The van der Waals surface area contributed by atoms with Crippen LogP contribution in [-0.4, -0.2) is 39.6 Å². The number of aromatic amines is 1. The molecular weight excluding hydrogens is 713 g/mol. The van der Waals surface area contributed by atoms with E-state index >= 15 is 0 Å². The average molecular weight is 735 g/mol. The summed E-state index contributed by atoms with van der Waals surface area (Å²) in [7, 11) is 0. The minimum atomic E-state index is 0.383. The largest absolute Gasteiger partial charge is 0.370 e. The van der Waals surface area contributed by atoms with E-state index in [4.69, 9.17) is 47.4 Å². The van der Waals surface area contributed by atoms with Crippen molar-refractivity contribution in [2.75, 3.05) is 0 Å². The van der Waals surface area contributed by atoms with Gasteiger partial charge in [-0.1, -0.05) is 97.1 Å². The number of hydrogen-bond acceptors (Lipinski definition) is 11. The highest BCUT2D eigenvalue weighted by Gasteiger charge is 2.24. The van der Waals surface area contributed by atoms with Gasteiger partial charge in [0, 0.05) is 58.5 Å². The van der Waals surface area contributed by atoms with Gasteiger partial charge < -0.3 is 9.82 Å². The molecule has 0 radical (unpaired) electrons. The van der Waals surface area contributed by atoms with Crippen molar-refractivity contribution >= 4 is 94.6 Å². The molecule has 9 nitrogen and oxygen atoms in total. The van der Waals surface area contributed by atoms with E-state index in [1.165, 1.54) is 0 Å². The fraction of sp³-hybridized carbons (Fsp3) is 0. The molecule has 0 spiro atoms. The molecule has 0 fully saturated rings. The number of thiol groups is 4. The van der Waals surface area contributed by atoms with Crippen molar-refractivity contribution in [2.24, 2.45) is 0 Å². The van der Waals surface area contributed by atoms with Crippen LogP contribution in [0, 0.1) is 0 Å². The fourth-order valence-electron chi connectivity index (χ4n) is 6.53. The molecule has 0 saturated carbocycles. The van der Waals surface area contributed by atoms with Crippen molar-refractivity contribution in [1.82, 2.24) is 39.6 Å². The molecule has 5 aromatic carbocycles. The molecule has 13 heteroatoms. The SMILES string of the molecule is Sc1cc(On2c3nc4nc(nc5[nH]c(nc6nc(nc2c2ccccc23)-c2ccccc2-6)c2ccccc52)-c2ccccc2-4)c(S)c(S)c1S. The standard InChI is InChI=1S/C38H22N8OS4/c48-27-17-26(28(49)30(51)29(27)50)47-46-37-24-15-7-8-16-25(24)38(46)45-36-23-14-6-4-12-21(23)34(43-36)41-32-19-10-2-1-9-18(19)31(39-32)40-33-20-11-3-5-13-22(20)35(42-33)44-37/h1-17,48-51H,(H,39,40,41,42,43,44,45). The quantitative estimate of drug-likeness (QED) is 0.113. The Hall–Kier alpha value is -5.34. The lowest BCUT2D eigenvalue weighted by Gasteiger charge is -2.13. The summed E-state index contributed by atoms with van der Waals surface area (Å²) in [6.07, 6.45) is 0. The lowest BCUT2D eigenvalue weighted by molar-refractivity contribution is 0.229. The lowest BCUT2D eigenvalue weighted by atomic mass is 10.1. The van der Waals surface area contributed by atoms with Gasteiger partial charge in [-0.15, -0.1) is 55.2 Å². The predicted molar refractivity (Wildman–Crippen MR) is 211 cm³/mol. The van der Waals surface area contributed by atoms with E-state index in [-0.39, 0.29) is 0 Å². The molecule has 244 valence electrons. The highest BCUT2D eigenvalue weighted by Crippen LogP contribution is 2.41. The number of fused-ring (bicyclic) bond motifs is 20. The lowest BCUT2D eigenvalue weighted by Crippen LogP contribution is -2.08. The first-order valence-electron chi connectivity index (χ1n) is 15.8. The summed E-state index contributed by atoms with van der Waals surface area (Å²) in [5.41, 5.74) is 5.53. The van der Waals surface area contributed by atoms with E-state index in [1.807, 2.05) is 97.1 Å². The fourth-order valence-corrected chi connectivity index (χ4v) is 7.56. The van der Waals surface area contributed by atoms with Gasteiger partial charge in [-0.3, -0.25) is 0 Å². The Kier molecular flexibility index (Phi) is 6.93. The number of hydrogen-bond donors (Lipinski definition) is 5. The molecule has 0 amide bonds. The summed E-state index contributed by atoms with van der Waals surface area (Å²) >= 11 is 18.6. The Morgan fingerprint density at radius 1 is 0.451 bits per heavy atom. The van der Waals surface area contributed by atoms with Gasteiger partial charge in [0.1, 0.15) is 11.3 Å². The Bertz CT molecular complexity index is 2810. The summed E-state index contributed by atoms with van der Waals surface area (Å²) in [6.45, 7) is 0. The van der Waals surface area contributed by atoms with E-state index in [0.717, 1.165) is 43.8 Å². The molecular formula is C38H22N8OS4. The summed E-state index contributed by atoms with van der Waals surface area (Å²) in [4.78, 5) is 43.0. The van der Waals surface area contributed by atoms with Crippen LogP contribution < -0.4 is 4.84 Å². The summed E-state index contributed by atoms with van der Waals surface area (Å²) in [5.74, 6) is 2.36. The zero-order valence-corrected chi connectivity index (χ0v) is 29.7. The van der Waals surface area contributed by atoms with Gasteiger partial charge in [0.25, 0.3) is 0 Å². The minimum Gasteiger partial charge on any atom is -0.370 e. The number of nitrogens with one attached hydrogen (secondary N) is 1. The Balaban J connectivity index is 1.41. The van der Waals surface area contributed by atoms with Crippen molar-refractivity contribution in [1.29, 1.82) is 0 Å². The van der Waals surface area contributed by atoms with E-state index in [1.54, 1.807) is 10.8 Å². The van der Waals surface area contributed by atoms with Crippen LogP contribution in [0.3, 0.4) is 0 Å². The van der Waals surface area contributed by atoms with Crippen molar-refractivity contribution in [3.8, 4) is 51.3 Å². The third-order valence-electron chi connectivity index (χ3n) is 8.95. The predicted octanol–water partition coefficient (Wildman–Crippen LogP) is 9.34. The van der Waals surface area contributed by atoms with E-state index < -0.39 is 0 Å². The maximum atomic E-state index is 6.73. The van der Waals surface area contributed by atoms with Crippen molar-refractivity contribution in [2.45, 2.75) is 19.6 Å². The van der Waals surface area contributed by atoms with Crippen molar-refractivity contribution in [3.05, 3.63) is 103 Å². The third-order valence-corrected chi connectivity index (χ3v) is 11.2. The van der Waals surface area contributed by atoms with Crippen LogP contribution in [0.2, 0.25) is 0 Å². The smallest absolute Gasteiger partial charge is 0.181 e. The molecule has 0 atom stereocenters. The summed E-state index contributed by atoms with van der Waals surface area (Å²) in [6, 6.07) is 33.4. The number of rotatable bonds is 2. The van der Waals surface area contributed by atoms with E-state index in [0.29, 0.717) is 71.2 Å². The van der Waals surface area contributed by atoms with Crippen LogP contribution in [0.25, 0.3) is 89.7 Å². The van der Waals surface area contributed by atoms with Crippen LogP contribution in [0.5, 0.6) is 5.75 Å². The number of H-pyrrole nitrogens is 1. The van der Waals surface area contributed by atoms with Crippen LogP contribution in [0.4, 0.5) is 0 Å². The van der Waals surface area contributed by atoms with Crippen LogP contribution in [-0.2, 0) is 0 Å². The zero-order chi connectivity index (χ0) is 34.4. The second-order valence-electron chi connectivity index (χ2n) is 11.9. The average Bonchev–Trinajstić information content (AvgIpc) is 3.88. The Morgan fingerprint density at radius 3 is 1.33 bits per heavy atom. The Labute approximate surface area is 311 Å². The van der Waals surface area contributed by atoms with E-state index in [2.05, 4.69) is 42.9 Å². The highest BCUT2D eigenvalue weighted by atomic mass is 32.1. The molecule has 2 aliphatic rings. The van der Waals surface area contributed by atoms with Gasteiger partial charge in [0.05, 0.1) is 4.90 Å². The molecule has 10 rings (SSSR count). The van der Waals surface area contributed by atoms with Gasteiger partial charge >= 0.3 is 0 Å². The maximum Gasteiger partial charge on any atom is 0.181 e. The number of benzene rings is 5. The van der Waals surface area contributed by atoms with Crippen LogP contribution in [0.15, 0.2) is 123 Å². The number of nitrogens with zero attached hydrogens (tertiary/aromatic N) is 7. The molecule has 0 saturated heterocycles. The maximum absolute atomic E-state index is 6.73. The first kappa shape index (κ1) is 30.5. The van der Waals surface area contributed by atoms with Crippen LogP contribution >= 0.6 is 50.5 Å². The van der Waals surface area contributed by atoms with Gasteiger partial charge in [-0.05, 0) is 6.07 Å². The van der Waals surface area contributed by atoms with Gasteiger partial charge in [0.2, 0.25) is 0 Å². The van der Waals surface area contributed by atoms with E-state index in [9.17, 15) is 0 Å². The second kappa shape index (κ2) is 11.6. The summed E-state index contributed by atoms with van der Waals surface area (Å²) in [5, 5.41) is 3.39. The van der Waals surface area contributed by atoms with Crippen molar-refractivity contribution in [3.63, 3.8) is 0 Å². The number of aromatic nitrogens is 8. The molecule has 8 aromatic rings. The first-order chi connectivity index (χ1) is 24.9. The molecule has 5 heterocycles. The Morgan fingerprint density at radius 2 is 0.863 bits per heavy atom. The molecule has 0 unspecified atom stereocenters. The topological polar surface area (TPSA) is 107 Å². The molecule has 1 N–H and O–H groups in total. The van der Waals surface area contributed by atoms with Crippen molar-refractivity contribution < 1.29 is 4.84 Å². The van der Waals surface area contributed by atoms with Crippen LogP contribution in [0.1, 0.15) is 0 Å². The third kappa shape index (κ3) is 4.76.